The van der Waals surface area contributed by atoms with E-state index in [4.69, 9.17) is 21.6 Å². The summed E-state index contributed by atoms with van der Waals surface area (Å²) in [4.78, 5) is 13.3. The molecule has 0 atom stereocenters. The molecule has 0 bridgehead atoms. The molecule has 1 aromatic carbocycles. The van der Waals surface area contributed by atoms with Crippen LogP contribution in [0.2, 0.25) is 5.02 Å². The minimum absolute atomic E-state index is 0.144. The molecular weight excluding hydrogens is 252 g/mol. The van der Waals surface area contributed by atoms with Crippen molar-refractivity contribution in [2.24, 2.45) is 0 Å². The number of halogens is 1. The number of amides is 1. The van der Waals surface area contributed by atoms with Gasteiger partial charge in [-0.3, -0.25) is 4.79 Å². The van der Waals surface area contributed by atoms with Gasteiger partial charge in [0, 0.05) is 24.9 Å². The van der Waals surface area contributed by atoms with Crippen LogP contribution < -0.4 is 9.64 Å². The first-order valence-electron chi connectivity index (χ1n) is 5.49. The van der Waals surface area contributed by atoms with Gasteiger partial charge in [0.25, 0.3) is 0 Å². The molecule has 1 amide bonds. The van der Waals surface area contributed by atoms with E-state index in [1.54, 1.807) is 26.3 Å². The molecule has 96 valence electrons. The monoisotopic (exact) mass is 266 g/mol. The third-order valence-electron chi connectivity index (χ3n) is 2.65. The van der Waals surface area contributed by atoms with Gasteiger partial charge in [0.15, 0.2) is 0 Å². The number of hydrogen-bond acceptors (Lipinski definition) is 3. The zero-order chi connectivity index (χ0) is 13.7. The van der Waals surface area contributed by atoms with Gasteiger partial charge in [-0.15, -0.1) is 0 Å². The Kier molecular flexibility index (Phi) is 4.99. The molecule has 1 aromatic rings. The fourth-order valence-electron chi connectivity index (χ4n) is 1.54. The van der Waals surface area contributed by atoms with Crippen molar-refractivity contribution in [3.8, 4) is 11.8 Å². The van der Waals surface area contributed by atoms with Crippen molar-refractivity contribution in [1.29, 1.82) is 5.26 Å². The highest BCUT2D eigenvalue weighted by Crippen LogP contribution is 2.33. The quantitative estimate of drug-likeness (QED) is 0.842. The molecule has 0 fully saturated rings. The van der Waals surface area contributed by atoms with E-state index in [0.717, 1.165) is 5.56 Å². The first-order chi connectivity index (χ1) is 8.51. The molecule has 18 heavy (non-hydrogen) atoms. The highest BCUT2D eigenvalue weighted by atomic mass is 35.5. The van der Waals surface area contributed by atoms with E-state index in [-0.39, 0.29) is 18.7 Å². The van der Waals surface area contributed by atoms with Gasteiger partial charge in [-0.2, -0.15) is 5.26 Å². The Bertz CT molecular complexity index is 494. The van der Waals surface area contributed by atoms with Crippen LogP contribution in [0.1, 0.15) is 18.4 Å². The average molecular weight is 267 g/mol. The number of methoxy groups -OCH3 is 1. The van der Waals surface area contributed by atoms with Crippen LogP contribution in [-0.2, 0) is 4.79 Å². The summed E-state index contributed by atoms with van der Waals surface area (Å²) in [6.07, 6.45) is 0.382. The molecule has 0 aliphatic heterocycles. The van der Waals surface area contributed by atoms with Gasteiger partial charge in [0.2, 0.25) is 5.91 Å². The van der Waals surface area contributed by atoms with Gasteiger partial charge in [-0.05, 0) is 24.6 Å². The van der Waals surface area contributed by atoms with E-state index in [9.17, 15) is 4.79 Å². The van der Waals surface area contributed by atoms with Crippen molar-refractivity contribution in [2.45, 2.75) is 19.8 Å². The third kappa shape index (κ3) is 3.14. The largest absolute Gasteiger partial charge is 0.495 e. The Morgan fingerprint density at radius 1 is 1.56 bits per heavy atom. The van der Waals surface area contributed by atoms with Crippen LogP contribution in [0.25, 0.3) is 0 Å². The summed E-state index contributed by atoms with van der Waals surface area (Å²) in [6, 6.07) is 5.43. The number of aryl methyl sites for hydroxylation is 1. The Labute approximate surface area is 112 Å². The molecule has 0 heterocycles. The van der Waals surface area contributed by atoms with E-state index in [1.165, 1.54) is 4.90 Å². The Hall–Kier alpha value is -1.73. The Morgan fingerprint density at radius 3 is 2.78 bits per heavy atom. The maximum absolute atomic E-state index is 11.8. The highest BCUT2D eigenvalue weighted by Gasteiger charge is 2.16. The summed E-state index contributed by atoms with van der Waals surface area (Å²) in [7, 11) is 3.18. The third-order valence-corrected chi connectivity index (χ3v) is 3.05. The van der Waals surface area contributed by atoms with Crippen molar-refractivity contribution < 1.29 is 9.53 Å². The summed E-state index contributed by atoms with van der Waals surface area (Å²) < 4.78 is 5.24. The number of ether oxygens (including phenoxy) is 1. The minimum atomic E-state index is -0.144. The molecule has 0 aliphatic carbocycles. The maximum Gasteiger partial charge on any atom is 0.227 e. The molecule has 0 aliphatic rings. The number of rotatable bonds is 4. The van der Waals surface area contributed by atoms with Crippen LogP contribution in [0, 0.1) is 18.3 Å². The smallest absolute Gasteiger partial charge is 0.227 e. The lowest BCUT2D eigenvalue weighted by molar-refractivity contribution is -0.118. The molecule has 1 rings (SSSR count). The number of nitrogens with zero attached hydrogens (tertiary/aromatic N) is 2. The van der Waals surface area contributed by atoms with Crippen molar-refractivity contribution in [2.75, 3.05) is 19.1 Å². The lowest BCUT2D eigenvalue weighted by Gasteiger charge is -2.20. The lowest BCUT2D eigenvalue weighted by atomic mass is 10.2. The molecule has 0 unspecified atom stereocenters. The summed E-state index contributed by atoms with van der Waals surface area (Å²) >= 11 is 6.05. The van der Waals surface area contributed by atoms with Crippen molar-refractivity contribution in [3.05, 3.63) is 22.7 Å². The average Bonchev–Trinajstić information content (AvgIpc) is 2.37. The first-order valence-corrected chi connectivity index (χ1v) is 5.86. The van der Waals surface area contributed by atoms with E-state index in [0.29, 0.717) is 16.5 Å². The number of nitriles is 1. The molecule has 0 spiro atoms. The molecule has 0 saturated heterocycles. The standard InChI is InChI=1S/C13H15ClN2O2/c1-9-7-12(18-3)11(8-10(9)14)16(2)13(17)5-4-6-15/h7-8H,4-5H2,1-3H3. The zero-order valence-electron chi connectivity index (χ0n) is 10.7. The molecule has 4 nitrogen and oxygen atoms in total. The van der Waals surface area contributed by atoms with Crippen LogP contribution >= 0.6 is 11.6 Å². The highest BCUT2D eigenvalue weighted by molar-refractivity contribution is 6.31. The predicted octanol–water partition coefficient (Wildman–Crippen LogP) is 2.92. The van der Waals surface area contributed by atoms with Crippen molar-refractivity contribution >= 4 is 23.2 Å². The van der Waals surface area contributed by atoms with Gasteiger partial charge in [0.1, 0.15) is 5.75 Å². The van der Waals surface area contributed by atoms with Gasteiger partial charge in [-0.25, -0.2) is 0 Å². The first kappa shape index (κ1) is 14.3. The molecule has 0 saturated carbocycles. The Morgan fingerprint density at radius 2 is 2.22 bits per heavy atom. The summed E-state index contributed by atoms with van der Waals surface area (Å²) in [5.41, 5.74) is 1.49. The zero-order valence-corrected chi connectivity index (χ0v) is 11.4. The van der Waals surface area contributed by atoms with Crippen LogP contribution in [-0.4, -0.2) is 20.1 Å². The molecule has 0 radical (unpaired) electrons. The van der Waals surface area contributed by atoms with E-state index < -0.39 is 0 Å². The van der Waals surface area contributed by atoms with Crippen LogP contribution in [0.5, 0.6) is 5.75 Å². The van der Waals surface area contributed by atoms with E-state index >= 15 is 0 Å². The van der Waals surface area contributed by atoms with E-state index in [1.807, 2.05) is 13.0 Å². The minimum Gasteiger partial charge on any atom is -0.495 e. The lowest BCUT2D eigenvalue weighted by Crippen LogP contribution is -2.26. The Balaban J connectivity index is 3.05. The summed E-state index contributed by atoms with van der Waals surface area (Å²) in [5, 5.41) is 9.06. The summed E-state index contributed by atoms with van der Waals surface area (Å²) in [6.45, 7) is 1.87. The van der Waals surface area contributed by atoms with Gasteiger partial charge in [0.05, 0.1) is 18.9 Å². The molecular formula is C13H15ClN2O2. The van der Waals surface area contributed by atoms with Gasteiger partial charge >= 0.3 is 0 Å². The molecule has 5 heteroatoms. The fourth-order valence-corrected chi connectivity index (χ4v) is 1.69. The fraction of sp³-hybridized carbons (Fsp3) is 0.385. The normalized spacial score (nSPS) is 9.72. The predicted molar refractivity (Wildman–Crippen MR) is 71.0 cm³/mol. The SMILES string of the molecule is COc1cc(C)c(Cl)cc1N(C)C(=O)CCC#N. The number of anilines is 1. The van der Waals surface area contributed by atoms with Crippen molar-refractivity contribution in [1.82, 2.24) is 0 Å². The maximum atomic E-state index is 11.8. The van der Waals surface area contributed by atoms with Gasteiger partial charge < -0.3 is 9.64 Å². The second kappa shape index (κ2) is 6.27. The van der Waals surface area contributed by atoms with Crippen LogP contribution in [0.15, 0.2) is 12.1 Å². The van der Waals surface area contributed by atoms with E-state index in [2.05, 4.69) is 0 Å². The number of benzene rings is 1. The van der Waals surface area contributed by atoms with Crippen molar-refractivity contribution in [3.63, 3.8) is 0 Å². The van der Waals surface area contributed by atoms with Crippen LogP contribution in [0.3, 0.4) is 0 Å². The number of carbonyl (C=O) groups is 1. The summed E-state index contributed by atoms with van der Waals surface area (Å²) in [5.74, 6) is 0.444. The number of hydrogen-bond donors (Lipinski definition) is 0. The number of carbonyl (C=O) groups excluding carboxylic acids is 1. The topological polar surface area (TPSA) is 53.3 Å². The molecule has 0 aromatic heterocycles. The molecule has 0 N–H and O–H groups in total. The van der Waals surface area contributed by atoms with Crippen LogP contribution in [0.4, 0.5) is 5.69 Å². The van der Waals surface area contributed by atoms with Gasteiger partial charge in [-0.1, -0.05) is 11.6 Å². The second-order valence-corrected chi connectivity index (χ2v) is 4.29. The second-order valence-electron chi connectivity index (χ2n) is 3.88.